The van der Waals surface area contributed by atoms with Crippen LogP contribution < -0.4 is 0 Å². The van der Waals surface area contributed by atoms with Crippen molar-refractivity contribution in [1.29, 1.82) is 0 Å². The average molecular weight is 393 g/mol. The zero-order valence-corrected chi connectivity index (χ0v) is 16.8. The van der Waals surface area contributed by atoms with E-state index in [1.807, 2.05) is 0 Å². The maximum Gasteiger partial charge on any atom is 0.522 e. The van der Waals surface area contributed by atoms with E-state index < -0.39 is 18.6 Å². The Kier molecular flexibility index (Phi) is 7.13. The number of alkyl halides is 4. The normalized spacial score (nSPS) is 42.7. The Morgan fingerprint density at radius 1 is 0.778 bits per heavy atom. The third kappa shape index (κ3) is 5.83. The van der Waals surface area contributed by atoms with Crippen molar-refractivity contribution in [2.75, 3.05) is 0 Å². The standard InChI is InChI=1S/C22H36F4O/c1-14-3-5-16(6-4-14)15(2)17-7-9-18(10-8-17)19-11-12-21(20(23)13-19)27-22(24,25)26/h14-21H,3-13H2,1-2H3. The second kappa shape index (κ2) is 9.00. The van der Waals surface area contributed by atoms with E-state index in [1.54, 1.807) is 0 Å². The minimum Gasteiger partial charge on any atom is -0.286 e. The molecule has 3 saturated carbocycles. The molecule has 0 radical (unpaired) electrons. The fraction of sp³-hybridized carbons (Fsp3) is 1.00. The molecule has 3 rings (SSSR count). The maximum atomic E-state index is 14.2. The first-order valence-electron chi connectivity index (χ1n) is 11.1. The molecule has 3 aliphatic rings. The number of hydrogen-bond donors (Lipinski definition) is 0. The van der Waals surface area contributed by atoms with Gasteiger partial charge in [-0.1, -0.05) is 26.7 Å². The summed E-state index contributed by atoms with van der Waals surface area (Å²) in [6.07, 6.45) is 3.76. The minimum absolute atomic E-state index is 0.196. The van der Waals surface area contributed by atoms with E-state index in [4.69, 9.17) is 0 Å². The largest absolute Gasteiger partial charge is 0.522 e. The lowest BCUT2D eigenvalue weighted by Crippen LogP contribution is -2.39. The van der Waals surface area contributed by atoms with Crippen LogP contribution in [0.15, 0.2) is 0 Å². The number of hydrogen-bond acceptors (Lipinski definition) is 1. The van der Waals surface area contributed by atoms with Crippen LogP contribution in [0.3, 0.4) is 0 Å². The molecule has 0 amide bonds. The predicted molar refractivity (Wildman–Crippen MR) is 98.9 cm³/mol. The Morgan fingerprint density at radius 2 is 1.30 bits per heavy atom. The Morgan fingerprint density at radius 3 is 1.81 bits per heavy atom. The zero-order valence-electron chi connectivity index (χ0n) is 16.8. The molecule has 0 aromatic rings. The predicted octanol–water partition coefficient (Wildman–Crippen LogP) is 7.30. The second-order valence-corrected chi connectivity index (χ2v) is 9.75. The SMILES string of the molecule is CC1CCC(C(C)C2CCC(C3CCC(OC(F)(F)F)C(F)C3)CC2)CC1. The summed E-state index contributed by atoms with van der Waals surface area (Å²) in [4.78, 5) is 0. The summed E-state index contributed by atoms with van der Waals surface area (Å²) in [6, 6.07) is 0. The van der Waals surface area contributed by atoms with Crippen LogP contribution in [-0.2, 0) is 4.74 Å². The van der Waals surface area contributed by atoms with Gasteiger partial charge in [-0.2, -0.15) is 0 Å². The van der Waals surface area contributed by atoms with Gasteiger partial charge >= 0.3 is 6.36 Å². The summed E-state index contributed by atoms with van der Waals surface area (Å²) in [7, 11) is 0. The van der Waals surface area contributed by atoms with E-state index >= 15 is 0 Å². The summed E-state index contributed by atoms with van der Waals surface area (Å²) in [5.41, 5.74) is 0. The smallest absolute Gasteiger partial charge is 0.286 e. The minimum atomic E-state index is -4.73. The highest BCUT2D eigenvalue weighted by Gasteiger charge is 2.42. The highest BCUT2D eigenvalue weighted by Crippen LogP contribution is 2.46. The third-order valence-corrected chi connectivity index (χ3v) is 8.07. The number of rotatable bonds is 4. The Bertz CT molecular complexity index is 450. The summed E-state index contributed by atoms with van der Waals surface area (Å²) in [5, 5.41) is 0. The van der Waals surface area contributed by atoms with Gasteiger partial charge in [0.2, 0.25) is 0 Å². The van der Waals surface area contributed by atoms with E-state index in [-0.39, 0.29) is 18.8 Å². The fourth-order valence-corrected chi connectivity index (χ4v) is 6.19. The maximum absolute atomic E-state index is 14.2. The van der Waals surface area contributed by atoms with Crippen molar-refractivity contribution in [2.24, 2.45) is 35.5 Å². The van der Waals surface area contributed by atoms with Crippen LogP contribution in [0.1, 0.15) is 84.5 Å². The van der Waals surface area contributed by atoms with Gasteiger partial charge in [-0.3, -0.25) is 4.74 Å². The molecule has 1 nitrogen and oxygen atoms in total. The Balaban J connectivity index is 1.43. The number of halogens is 4. The van der Waals surface area contributed by atoms with E-state index in [9.17, 15) is 17.6 Å². The van der Waals surface area contributed by atoms with Crippen LogP contribution in [0, 0.1) is 35.5 Å². The lowest BCUT2D eigenvalue weighted by molar-refractivity contribution is -0.352. The summed E-state index contributed by atoms with van der Waals surface area (Å²) >= 11 is 0. The number of ether oxygens (including phenoxy) is 1. The van der Waals surface area contributed by atoms with Gasteiger partial charge < -0.3 is 0 Å². The lowest BCUT2D eigenvalue weighted by atomic mass is 9.65. The van der Waals surface area contributed by atoms with Gasteiger partial charge in [0.1, 0.15) is 6.17 Å². The molecule has 0 aliphatic heterocycles. The molecule has 0 spiro atoms. The molecular weight excluding hydrogens is 356 g/mol. The first-order chi connectivity index (χ1) is 12.7. The molecule has 4 atom stereocenters. The van der Waals surface area contributed by atoms with Gasteiger partial charge in [0.25, 0.3) is 0 Å². The van der Waals surface area contributed by atoms with E-state index in [1.165, 1.54) is 38.5 Å². The van der Waals surface area contributed by atoms with Crippen LogP contribution in [0.5, 0.6) is 0 Å². The van der Waals surface area contributed by atoms with Crippen molar-refractivity contribution in [1.82, 2.24) is 0 Å². The summed E-state index contributed by atoms with van der Waals surface area (Å²) in [6.45, 7) is 4.79. The lowest BCUT2D eigenvalue weighted by Gasteiger charge is -2.42. The second-order valence-electron chi connectivity index (χ2n) is 9.75. The van der Waals surface area contributed by atoms with Crippen LogP contribution >= 0.6 is 0 Å². The van der Waals surface area contributed by atoms with Gasteiger partial charge in [0, 0.05) is 0 Å². The molecule has 5 heteroatoms. The first kappa shape index (κ1) is 21.4. The Hall–Kier alpha value is -0.320. The van der Waals surface area contributed by atoms with Gasteiger partial charge in [-0.05, 0) is 93.3 Å². The van der Waals surface area contributed by atoms with Crippen molar-refractivity contribution >= 4 is 0 Å². The van der Waals surface area contributed by atoms with Crippen LogP contribution in [-0.4, -0.2) is 18.6 Å². The molecule has 0 bridgehead atoms. The van der Waals surface area contributed by atoms with E-state index in [2.05, 4.69) is 18.6 Å². The van der Waals surface area contributed by atoms with E-state index in [0.29, 0.717) is 12.3 Å². The van der Waals surface area contributed by atoms with Crippen molar-refractivity contribution in [3.63, 3.8) is 0 Å². The van der Waals surface area contributed by atoms with Gasteiger partial charge in [0.05, 0.1) is 6.10 Å². The quantitative estimate of drug-likeness (QED) is 0.456. The summed E-state index contributed by atoms with van der Waals surface area (Å²) < 4.78 is 55.3. The van der Waals surface area contributed by atoms with Gasteiger partial charge in [0.15, 0.2) is 0 Å². The molecule has 3 fully saturated rings. The molecule has 4 unspecified atom stereocenters. The molecule has 0 saturated heterocycles. The molecule has 27 heavy (non-hydrogen) atoms. The highest BCUT2D eigenvalue weighted by atomic mass is 19.4. The first-order valence-corrected chi connectivity index (χ1v) is 11.1. The molecule has 0 heterocycles. The third-order valence-electron chi connectivity index (χ3n) is 8.07. The molecule has 158 valence electrons. The molecule has 3 aliphatic carbocycles. The monoisotopic (exact) mass is 392 g/mol. The van der Waals surface area contributed by atoms with Gasteiger partial charge in [-0.25, -0.2) is 4.39 Å². The van der Waals surface area contributed by atoms with Crippen molar-refractivity contribution < 1.29 is 22.3 Å². The van der Waals surface area contributed by atoms with Crippen LogP contribution in [0.25, 0.3) is 0 Å². The van der Waals surface area contributed by atoms with Gasteiger partial charge in [-0.15, -0.1) is 13.2 Å². The van der Waals surface area contributed by atoms with Crippen LogP contribution in [0.4, 0.5) is 17.6 Å². The van der Waals surface area contributed by atoms with Crippen molar-refractivity contribution in [3.8, 4) is 0 Å². The molecular formula is C22H36F4O. The topological polar surface area (TPSA) is 9.23 Å². The van der Waals surface area contributed by atoms with Crippen molar-refractivity contribution in [2.45, 2.75) is 103 Å². The molecule has 0 N–H and O–H groups in total. The fourth-order valence-electron chi connectivity index (χ4n) is 6.19. The summed E-state index contributed by atoms with van der Waals surface area (Å²) in [5.74, 6) is 4.04. The zero-order chi connectivity index (χ0) is 19.6. The molecule has 0 aromatic heterocycles. The Labute approximate surface area is 161 Å². The van der Waals surface area contributed by atoms with Crippen LogP contribution in [0.2, 0.25) is 0 Å². The molecule has 0 aromatic carbocycles. The average Bonchev–Trinajstić information content (AvgIpc) is 2.62. The highest BCUT2D eigenvalue weighted by molar-refractivity contribution is 4.88. The van der Waals surface area contributed by atoms with Crippen molar-refractivity contribution in [3.05, 3.63) is 0 Å². The van der Waals surface area contributed by atoms with E-state index in [0.717, 1.165) is 36.5 Å².